The van der Waals surface area contributed by atoms with Crippen LogP contribution < -0.4 is 16.2 Å². The summed E-state index contributed by atoms with van der Waals surface area (Å²) >= 11 is 0. The standard InChI is InChI=1S/C22H20FN3O3/c1-14-8-9-18(24-15(2)27)12-20(14)25-21(28)19-7-4-10-26(22(19)29)13-16-5-3-6-17(23)11-16/h3-12H,13H2,1-2H3,(H,24,27)(H,25,28). The summed E-state index contributed by atoms with van der Waals surface area (Å²) < 4.78 is 14.7. The number of hydrogen-bond donors (Lipinski definition) is 2. The largest absolute Gasteiger partial charge is 0.326 e. The van der Waals surface area contributed by atoms with Crippen LogP contribution in [-0.2, 0) is 11.3 Å². The number of carbonyl (C=O) groups is 2. The number of anilines is 2. The summed E-state index contributed by atoms with van der Waals surface area (Å²) in [6, 6.07) is 14.1. The number of benzene rings is 2. The Morgan fingerprint density at radius 1 is 1.03 bits per heavy atom. The molecule has 2 aromatic carbocycles. The molecule has 0 spiro atoms. The van der Waals surface area contributed by atoms with Crippen LogP contribution in [-0.4, -0.2) is 16.4 Å². The monoisotopic (exact) mass is 393 g/mol. The molecule has 0 atom stereocenters. The minimum Gasteiger partial charge on any atom is -0.326 e. The number of carbonyl (C=O) groups excluding carboxylic acids is 2. The molecule has 0 saturated heterocycles. The van der Waals surface area contributed by atoms with E-state index in [1.54, 1.807) is 49.5 Å². The number of pyridine rings is 1. The van der Waals surface area contributed by atoms with Gasteiger partial charge in [-0.1, -0.05) is 18.2 Å². The van der Waals surface area contributed by atoms with Gasteiger partial charge in [-0.3, -0.25) is 14.4 Å². The molecule has 3 rings (SSSR count). The summed E-state index contributed by atoms with van der Waals surface area (Å²) in [5.74, 6) is -1.18. The zero-order valence-electron chi connectivity index (χ0n) is 16.0. The minimum absolute atomic E-state index is 0.0340. The average Bonchev–Trinajstić information content (AvgIpc) is 2.65. The van der Waals surface area contributed by atoms with E-state index in [4.69, 9.17) is 0 Å². The van der Waals surface area contributed by atoms with E-state index in [1.807, 2.05) is 0 Å². The molecule has 0 unspecified atom stereocenters. The van der Waals surface area contributed by atoms with Gasteiger partial charge in [0.25, 0.3) is 11.5 Å². The van der Waals surface area contributed by atoms with E-state index in [2.05, 4.69) is 10.6 Å². The van der Waals surface area contributed by atoms with Crippen LogP contribution >= 0.6 is 0 Å². The molecule has 0 saturated carbocycles. The number of nitrogens with zero attached hydrogens (tertiary/aromatic N) is 1. The Kier molecular flexibility index (Phi) is 5.87. The molecule has 2 N–H and O–H groups in total. The van der Waals surface area contributed by atoms with Gasteiger partial charge in [-0.25, -0.2) is 4.39 Å². The molecule has 148 valence electrons. The van der Waals surface area contributed by atoms with Crippen LogP contribution in [0.5, 0.6) is 0 Å². The summed E-state index contributed by atoms with van der Waals surface area (Å²) in [6.45, 7) is 3.35. The number of aromatic nitrogens is 1. The van der Waals surface area contributed by atoms with E-state index >= 15 is 0 Å². The van der Waals surface area contributed by atoms with E-state index in [0.29, 0.717) is 16.9 Å². The predicted molar refractivity (Wildman–Crippen MR) is 110 cm³/mol. The molecule has 1 aromatic heterocycles. The lowest BCUT2D eigenvalue weighted by Crippen LogP contribution is -2.29. The van der Waals surface area contributed by atoms with Crippen LogP contribution in [0.2, 0.25) is 0 Å². The Morgan fingerprint density at radius 2 is 1.83 bits per heavy atom. The first kappa shape index (κ1) is 20.0. The normalized spacial score (nSPS) is 10.4. The van der Waals surface area contributed by atoms with Gasteiger partial charge in [-0.2, -0.15) is 0 Å². The summed E-state index contributed by atoms with van der Waals surface area (Å²) in [5.41, 5.74) is 1.90. The molecule has 0 aliphatic carbocycles. The van der Waals surface area contributed by atoms with E-state index in [1.165, 1.54) is 29.7 Å². The Hall–Kier alpha value is -3.74. The van der Waals surface area contributed by atoms with Gasteiger partial charge >= 0.3 is 0 Å². The first-order valence-electron chi connectivity index (χ1n) is 8.97. The third-order valence-corrected chi connectivity index (χ3v) is 4.31. The fourth-order valence-electron chi connectivity index (χ4n) is 2.89. The smallest absolute Gasteiger partial charge is 0.263 e. The van der Waals surface area contributed by atoms with Gasteiger partial charge in [0.15, 0.2) is 0 Å². The van der Waals surface area contributed by atoms with Gasteiger partial charge < -0.3 is 15.2 Å². The quantitative estimate of drug-likeness (QED) is 0.696. The first-order valence-corrected chi connectivity index (χ1v) is 8.97. The number of amides is 2. The van der Waals surface area contributed by atoms with Crippen LogP contribution in [0, 0.1) is 12.7 Å². The zero-order chi connectivity index (χ0) is 21.0. The van der Waals surface area contributed by atoms with Crippen molar-refractivity contribution in [3.63, 3.8) is 0 Å². The second-order valence-corrected chi connectivity index (χ2v) is 6.65. The highest BCUT2D eigenvalue weighted by atomic mass is 19.1. The van der Waals surface area contributed by atoms with E-state index in [9.17, 15) is 18.8 Å². The number of nitrogens with one attached hydrogen (secondary N) is 2. The van der Waals surface area contributed by atoms with Crippen LogP contribution in [0.25, 0.3) is 0 Å². The maximum atomic E-state index is 13.4. The predicted octanol–water partition coefficient (Wildman–Crippen LogP) is 3.55. The number of rotatable bonds is 5. The van der Waals surface area contributed by atoms with Crippen molar-refractivity contribution >= 4 is 23.2 Å². The maximum Gasteiger partial charge on any atom is 0.263 e. The molecule has 0 bridgehead atoms. The summed E-state index contributed by atoms with van der Waals surface area (Å²) in [7, 11) is 0. The van der Waals surface area contributed by atoms with Crippen molar-refractivity contribution < 1.29 is 14.0 Å². The lowest BCUT2D eigenvalue weighted by Gasteiger charge is -2.12. The second-order valence-electron chi connectivity index (χ2n) is 6.65. The maximum absolute atomic E-state index is 13.4. The lowest BCUT2D eigenvalue weighted by atomic mass is 10.1. The third kappa shape index (κ3) is 4.95. The second kappa shape index (κ2) is 8.52. The zero-order valence-corrected chi connectivity index (χ0v) is 16.0. The van der Waals surface area contributed by atoms with Crippen molar-refractivity contribution in [2.24, 2.45) is 0 Å². The Labute approximate surface area is 167 Å². The minimum atomic E-state index is -0.563. The molecule has 6 nitrogen and oxygen atoms in total. The van der Waals surface area contributed by atoms with Crippen LogP contribution in [0.4, 0.5) is 15.8 Å². The van der Waals surface area contributed by atoms with Crippen molar-refractivity contribution in [2.45, 2.75) is 20.4 Å². The Bertz CT molecular complexity index is 1140. The summed E-state index contributed by atoms with van der Waals surface area (Å²) in [5, 5.41) is 5.37. The highest BCUT2D eigenvalue weighted by Crippen LogP contribution is 2.21. The fraction of sp³-hybridized carbons (Fsp3) is 0.136. The van der Waals surface area contributed by atoms with Gasteiger partial charge in [0, 0.05) is 24.5 Å². The van der Waals surface area contributed by atoms with Gasteiger partial charge in [-0.05, 0) is 54.4 Å². The highest BCUT2D eigenvalue weighted by molar-refractivity contribution is 6.04. The Morgan fingerprint density at radius 3 is 2.55 bits per heavy atom. The fourth-order valence-corrected chi connectivity index (χ4v) is 2.89. The number of aryl methyl sites for hydroxylation is 1. The first-order chi connectivity index (χ1) is 13.8. The molecule has 1 heterocycles. The molecule has 0 fully saturated rings. The molecular weight excluding hydrogens is 373 g/mol. The topological polar surface area (TPSA) is 80.2 Å². The van der Waals surface area contributed by atoms with Crippen molar-refractivity contribution in [3.8, 4) is 0 Å². The van der Waals surface area contributed by atoms with Crippen molar-refractivity contribution in [1.29, 1.82) is 0 Å². The lowest BCUT2D eigenvalue weighted by molar-refractivity contribution is -0.114. The summed E-state index contributed by atoms with van der Waals surface area (Å²) in [4.78, 5) is 36.7. The van der Waals surface area contributed by atoms with Gasteiger partial charge in [-0.15, -0.1) is 0 Å². The molecule has 0 radical (unpaired) electrons. The number of hydrogen-bond acceptors (Lipinski definition) is 3. The van der Waals surface area contributed by atoms with Crippen molar-refractivity contribution in [2.75, 3.05) is 10.6 Å². The molecule has 29 heavy (non-hydrogen) atoms. The Balaban J connectivity index is 1.85. The van der Waals surface area contributed by atoms with E-state index < -0.39 is 11.5 Å². The highest BCUT2D eigenvalue weighted by Gasteiger charge is 2.14. The molecule has 3 aromatic rings. The van der Waals surface area contributed by atoms with Gasteiger partial charge in [0.05, 0.1) is 6.54 Å². The van der Waals surface area contributed by atoms with Gasteiger partial charge in [0.2, 0.25) is 5.91 Å². The summed E-state index contributed by atoms with van der Waals surface area (Å²) in [6.07, 6.45) is 1.55. The molecule has 2 amide bonds. The molecule has 0 aliphatic rings. The molecular formula is C22H20FN3O3. The van der Waals surface area contributed by atoms with Crippen LogP contribution in [0.15, 0.2) is 65.6 Å². The van der Waals surface area contributed by atoms with Crippen LogP contribution in [0.1, 0.15) is 28.4 Å². The van der Waals surface area contributed by atoms with Crippen LogP contribution in [0.3, 0.4) is 0 Å². The van der Waals surface area contributed by atoms with E-state index in [-0.39, 0.29) is 23.8 Å². The van der Waals surface area contributed by atoms with E-state index in [0.717, 1.165) is 5.56 Å². The number of halogens is 1. The van der Waals surface area contributed by atoms with Crippen molar-refractivity contribution in [1.82, 2.24) is 4.57 Å². The molecule has 0 aliphatic heterocycles. The average molecular weight is 393 g/mol. The van der Waals surface area contributed by atoms with Gasteiger partial charge in [0.1, 0.15) is 11.4 Å². The molecule has 7 heteroatoms. The third-order valence-electron chi connectivity index (χ3n) is 4.31. The SMILES string of the molecule is CC(=O)Nc1ccc(C)c(NC(=O)c2cccn(Cc3cccc(F)c3)c2=O)c1. The van der Waals surface area contributed by atoms with Crippen molar-refractivity contribution in [3.05, 3.63) is 93.7 Å².